The zero-order valence-corrected chi connectivity index (χ0v) is 10.1. The number of rotatable bonds is 3. The molecule has 1 aromatic carbocycles. The summed E-state index contributed by atoms with van der Waals surface area (Å²) < 4.78 is 1.80. The average Bonchev–Trinajstić information content (AvgIpc) is 2.68. The van der Waals surface area contributed by atoms with Gasteiger partial charge in [0.1, 0.15) is 5.56 Å². The Morgan fingerprint density at radius 1 is 1.50 bits per heavy atom. The van der Waals surface area contributed by atoms with E-state index in [9.17, 15) is 4.79 Å². The van der Waals surface area contributed by atoms with Gasteiger partial charge in [-0.1, -0.05) is 24.3 Å². The highest BCUT2D eigenvalue weighted by atomic mass is 16.4. The second kappa shape index (κ2) is 3.98. The summed E-state index contributed by atoms with van der Waals surface area (Å²) in [4.78, 5) is 10.9. The maximum absolute atomic E-state index is 10.9. The van der Waals surface area contributed by atoms with E-state index >= 15 is 0 Å². The first-order chi connectivity index (χ1) is 8.66. The molecule has 0 saturated carbocycles. The SMILES string of the molecule is Cc1c(C(=O)O)cnn1CC1Cc2ccccc21. The molecular weight excluding hydrogens is 228 g/mol. The number of carbonyl (C=O) groups is 1. The van der Waals surface area contributed by atoms with Crippen LogP contribution >= 0.6 is 0 Å². The fourth-order valence-corrected chi connectivity index (χ4v) is 2.57. The van der Waals surface area contributed by atoms with Crippen molar-refractivity contribution in [2.24, 2.45) is 0 Å². The van der Waals surface area contributed by atoms with Gasteiger partial charge in [0.05, 0.1) is 6.20 Å². The van der Waals surface area contributed by atoms with Gasteiger partial charge in [0.2, 0.25) is 0 Å². The molecule has 1 aliphatic carbocycles. The second-order valence-electron chi connectivity index (χ2n) is 4.73. The van der Waals surface area contributed by atoms with Gasteiger partial charge >= 0.3 is 5.97 Å². The molecule has 0 spiro atoms. The van der Waals surface area contributed by atoms with Gasteiger partial charge < -0.3 is 5.11 Å². The van der Waals surface area contributed by atoms with Crippen LogP contribution in [0.4, 0.5) is 0 Å². The van der Waals surface area contributed by atoms with Crippen molar-refractivity contribution < 1.29 is 9.90 Å². The molecule has 3 rings (SSSR count). The van der Waals surface area contributed by atoms with Crippen molar-refractivity contribution in [1.82, 2.24) is 9.78 Å². The molecule has 1 unspecified atom stereocenters. The zero-order chi connectivity index (χ0) is 12.7. The Balaban J connectivity index is 1.82. The molecule has 0 bridgehead atoms. The molecule has 1 aromatic heterocycles. The number of aromatic nitrogens is 2. The van der Waals surface area contributed by atoms with Crippen molar-refractivity contribution in [3.8, 4) is 0 Å². The summed E-state index contributed by atoms with van der Waals surface area (Å²) in [6, 6.07) is 8.38. The van der Waals surface area contributed by atoms with E-state index in [1.807, 2.05) is 6.07 Å². The summed E-state index contributed by atoms with van der Waals surface area (Å²) in [6.07, 6.45) is 2.49. The minimum atomic E-state index is -0.909. The van der Waals surface area contributed by atoms with E-state index in [4.69, 9.17) is 5.11 Å². The van der Waals surface area contributed by atoms with Crippen LogP contribution in [0.15, 0.2) is 30.5 Å². The van der Waals surface area contributed by atoms with Crippen LogP contribution in [-0.4, -0.2) is 20.9 Å². The molecule has 0 saturated heterocycles. The van der Waals surface area contributed by atoms with Crippen LogP contribution in [0.5, 0.6) is 0 Å². The largest absolute Gasteiger partial charge is 0.478 e. The molecule has 0 fully saturated rings. The summed E-state index contributed by atoms with van der Waals surface area (Å²) in [7, 11) is 0. The topological polar surface area (TPSA) is 55.1 Å². The molecule has 1 aliphatic rings. The van der Waals surface area contributed by atoms with E-state index in [2.05, 4.69) is 23.3 Å². The second-order valence-corrected chi connectivity index (χ2v) is 4.73. The third-order valence-electron chi connectivity index (χ3n) is 3.69. The predicted molar refractivity (Wildman–Crippen MR) is 66.8 cm³/mol. The summed E-state index contributed by atoms with van der Waals surface area (Å²) in [6.45, 7) is 2.57. The van der Waals surface area contributed by atoms with Crippen LogP contribution in [-0.2, 0) is 13.0 Å². The minimum absolute atomic E-state index is 0.294. The van der Waals surface area contributed by atoms with E-state index in [-0.39, 0.29) is 0 Å². The molecule has 0 radical (unpaired) electrons. The van der Waals surface area contributed by atoms with Crippen molar-refractivity contribution in [3.63, 3.8) is 0 Å². The smallest absolute Gasteiger partial charge is 0.339 e. The first-order valence-corrected chi connectivity index (χ1v) is 6.00. The van der Waals surface area contributed by atoms with Crippen LogP contribution < -0.4 is 0 Å². The third-order valence-corrected chi connectivity index (χ3v) is 3.69. The standard InChI is InChI=1S/C14H14N2O2/c1-9-13(14(17)18)7-15-16(9)8-11-6-10-4-2-3-5-12(10)11/h2-5,7,11H,6,8H2,1H3,(H,17,18). The molecule has 4 heteroatoms. The highest BCUT2D eigenvalue weighted by Gasteiger charge is 2.26. The van der Waals surface area contributed by atoms with Crippen molar-refractivity contribution in [3.05, 3.63) is 52.8 Å². The summed E-state index contributed by atoms with van der Waals surface area (Å²) >= 11 is 0. The van der Waals surface area contributed by atoms with Gasteiger partial charge in [-0.2, -0.15) is 5.10 Å². The van der Waals surface area contributed by atoms with Gasteiger partial charge in [-0.15, -0.1) is 0 Å². The van der Waals surface area contributed by atoms with Crippen molar-refractivity contribution >= 4 is 5.97 Å². The minimum Gasteiger partial charge on any atom is -0.478 e. The van der Waals surface area contributed by atoms with Crippen LogP contribution in [0, 0.1) is 6.92 Å². The quantitative estimate of drug-likeness (QED) is 0.898. The summed E-state index contributed by atoms with van der Waals surface area (Å²) in [5.41, 5.74) is 3.78. The maximum atomic E-state index is 10.9. The first-order valence-electron chi connectivity index (χ1n) is 6.00. The van der Waals surface area contributed by atoms with Crippen LogP contribution in [0.2, 0.25) is 0 Å². The lowest BCUT2D eigenvalue weighted by molar-refractivity contribution is 0.0696. The van der Waals surface area contributed by atoms with Crippen molar-refractivity contribution in [2.45, 2.75) is 25.8 Å². The van der Waals surface area contributed by atoms with Crippen LogP contribution in [0.25, 0.3) is 0 Å². The van der Waals surface area contributed by atoms with Gasteiger partial charge in [0.15, 0.2) is 0 Å². The monoisotopic (exact) mass is 242 g/mol. The molecule has 0 amide bonds. The van der Waals surface area contributed by atoms with Gasteiger partial charge in [-0.05, 0) is 24.5 Å². The Kier molecular flexibility index (Phi) is 2.44. The number of carboxylic acids is 1. The number of hydrogen-bond acceptors (Lipinski definition) is 2. The molecule has 1 atom stereocenters. The molecule has 1 heterocycles. The molecule has 18 heavy (non-hydrogen) atoms. The highest BCUT2D eigenvalue weighted by molar-refractivity contribution is 5.88. The fourth-order valence-electron chi connectivity index (χ4n) is 2.57. The van der Waals surface area contributed by atoms with E-state index in [0.29, 0.717) is 11.5 Å². The number of fused-ring (bicyclic) bond motifs is 1. The Morgan fingerprint density at radius 3 is 2.94 bits per heavy atom. The Bertz CT molecular complexity index is 616. The van der Waals surface area contributed by atoms with Gasteiger partial charge in [0.25, 0.3) is 0 Å². The third kappa shape index (κ3) is 1.61. The summed E-state index contributed by atoms with van der Waals surface area (Å²) in [5, 5.41) is 13.2. The lowest BCUT2D eigenvalue weighted by Crippen LogP contribution is -2.23. The first kappa shape index (κ1) is 11.0. The molecule has 2 aromatic rings. The maximum Gasteiger partial charge on any atom is 0.339 e. The summed E-state index contributed by atoms with van der Waals surface area (Å²) in [5.74, 6) is -0.450. The van der Waals surface area contributed by atoms with Crippen molar-refractivity contribution in [1.29, 1.82) is 0 Å². The fraction of sp³-hybridized carbons (Fsp3) is 0.286. The van der Waals surface area contributed by atoms with Crippen molar-refractivity contribution in [2.75, 3.05) is 0 Å². The molecular formula is C14H14N2O2. The van der Waals surface area contributed by atoms with E-state index < -0.39 is 5.97 Å². The highest BCUT2D eigenvalue weighted by Crippen LogP contribution is 2.36. The lowest BCUT2D eigenvalue weighted by atomic mass is 9.77. The molecule has 92 valence electrons. The van der Waals surface area contributed by atoms with Gasteiger partial charge in [-0.25, -0.2) is 4.79 Å². The van der Waals surface area contributed by atoms with Crippen LogP contribution in [0.1, 0.15) is 33.1 Å². The number of benzene rings is 1. The molecule has 1 N–H and O–H groups in total. The number of aromatic carboxylic acids is 1. The van der Waals surface area contributed by atoms with Crippen LogP contribution in [0.3, 0.4) is 0 Å². The zero-order valence-electron chi connectivity index (χ0n) is 10.1. The molecule has 4 nitrogen and oxygen atoms in total. The normalized spacial score (nSPS) is 17.1. The van der Waals surface area contributed by atoms with E-state index in [1.165, 1.54) is 17.3 Å². The Labute approximate surface area is 105 Å². The molecule has 0 aliphatic heterocycles. The van der Waals surface area contributed by atoms with E-state index in [1.54, 1.807) is 11.6 Å². The Morgan fingerprint density at radius 2 is 2.28 bits per heavy atom. The number of carboxylic acid groups (broad SMARTS) is 1. The van der Waals surface area contributed by atoms with E-state index in [0.717, 1.165) is 18.7 Å². The Hall–Kier alpha value is -2.10. The number of nitrogens with zero attached hydrogens (tertiary/aromatic N) is 2. The van der Waals surface area contributed by atoms with Gasteiger partial charge in [-0.3, -0.25) is 4.68 Å². The lowest BCUT2D eigenvalue weighted by Gasteiger charge is -2.30. The predicted octanol–water partition coefficient (Wildman–Crippen LogP) is 2.23. The van der Waals surface area contributed by atoms with Gasteiger partial charge in [0, 0.05) is 18.2 Å². The average molecular weight is 242 g/mol. The number of hydrogen-bond donors (Lipinski definition) is 1.